The summed E-state index contributed by atoms with van der Waals surface area (Å²) in [6.07, 6.45) is 0.457. The Kier molecular flexibility index (Phi) is 2.39. The highest BCUT2D eigenvalue weighted by molar-refractivity contribution is 6.31. The molecule has 0 N–H and O–H groups in total. The summed E-state index contributed by atoms with van der Waals surface area (Å²) in [4.78, 5) is 0. The van der Waals surface area contributed by atoms with E-state index in [4.69, 9.17) is 16.9 Å². The van der Waals surface area contributed by atoms with Crippen LogP contribution in [0.2, 0.25) is 5.02 Å². The molecule has 0 saturated heterocycles. The zero-order chi connectivity index (χ0) is 9.97. The van der Waals surface area contributed by atoms with Gasteiger partial charge in [0.2, 0.25) is 0 Å². The van der Waals surface area contributed by atoms with Gasteiger partial charge < -0.3 is 0 Å². The Morgan fingerprint density at radius 3 is 2.57 bits per heavy atom. The Balaban J connectivity index is 2.57. The van der Waals surface area contributed by atoms with E-state index >= 15 is 0 Å². The van der Waals surface area contributed by atoms with Gasteiger partial charge in [-0.25, -0.2) is 0 Å². The third-order valence-corrected chi connectivity index (χ3v) is 2.38. The summed E-state index contributed by atoms with van der Waals surface area (Å²) in [5, 5.41) is 11.5. The van der Waals surface area contributed by atoms with Gasteiger partial charge in [0, 0.05) is 5.02 Å². The number of hydrogen-bond donors (Lipinski definition) is 0. The predicted octanol–water partition coefficient (Wildman–Crippen LogP) is 3.56. The maximum absolute atomic E-state index is 8.56. The van der Waals surface area contributed by atoms with E-state index in [9.17, 15) is 0 Å². The van der Waals surface area contributed by atoms with Gasteiger partial charge in [-0.15, -0.1) is 0 Å². The van der Waals surface area contributed by atoms with Crippen LogP contribution in [0.5, 0.6) is 0 Å². The number of halogens is 1. The smallest absolute Gasteiger partial charge is 0.0669 e. The second-order valence-electron chi connectivity index (χ2n) is 3.16. The monoisotopic (exact) mass is 201 g/mol. The Labute approximate surface area is 87.5 Å². The minimum Gasteiger partial charge on any atom is -0.198 e. The molecule has 14 heavy (non-hydrogen) atoms. The second kappa shape index (κ2) is 3.69. The quantitative estimate of drug-likeness (QED) is 0.692. The molecule has 0 radical (unpaired) electrons. The Bertz CT molecular complexity index is 511. The Morgan fingerprint density at radius 1 is 1.07 bits per heavy atom. The first-order valence-corrected chi connectivity index (χ1v) is 4.72. The van der Waals surface area contributed by atoms with Gasteiger partial charge in [-0.1, -0.05) is 35.9 Å². The van der Waals surface area contributed by atoms with E-state index in [0.717, 1.165) is 21.4 Å². The van der Waals surface area contributed by atoms with Gasteiger partial charge in [0.15, 0.2) is 0 Å². The zero-order valence-electron chi connectivity index (χ0n) is 7.50. The Hall–Kier alpha value is -1.52. The SMILES string of the molecule is N#CCc1ccc2cc(Cl)ccc2c1. The summed E-state index contributed by atoms with van der Waals surface area (Å²) < 4.78 is 0. The predicted molar refractivity (Wildman–Crippen MR) is 58.3 cm³/mol. The summed E-state index contributed by atoms with van der Waals surface area (Å²) in [7, 11) is 0. The molecule has 0 aliphatic heterocycles. The number of nitriles is 1. The molecular weight excluding hydrogens is 194 g/mol. The molecule has 0 aliphatic rings. The van der Waals surface area contributed by atoms with E-state index in [1.54, 1.807) is 0 Å². The van der Waals surface area contributed by atoms with E-state index in [-0.39, 0.29) is 0 Å². The fraction of sp³-hybridized carbons (Fsp3) is 0.0833. The molecule has 0 spiro atoms. The topological polar surface area (TPSA) is 23.8 Å². The highest BCUT2D eigenvalue weighted by atomic mass is 35.5. The van der Waals surface area contributed by atoms with Crippen LogP contribution in [0.15, 0.2) is 36.4 Å². The van der Waals surface area contributed by atoms with Crippen molar-refractivity contribution >= 4 is 22.4 Å². The second-order valence-corrected chi connectivity index (χ2v) is 3.60. The van der Waals surface area contributed by atoms with Gasteiger partial charge in [0.05, 0.1) is 12.5 Å². The van der Waals surface area contributed by atoms with Crippen LogP contribution in [0.4, 0.5) is 0 Å². The standard InChI is InChI=1S/C12H8ClN/c13-12-4-3-10-7-9(5-6-14)1-2-11(10)8-12/h1-4,7-8H,5H2. The largest absolute Gasteiger partial charge is 0.198 e. The number of benzene rings is 2. The summed E-state index contributed by atoms with van der Waals surface area (Å²) >= 11 is 5.87. The normalized spacial score (nSPS) is 10.0. The average Bonchev–Trinajstić information content (AvgIpc) is 2.19. The lowest BCUT2D eigenvalue weighted by molar-refractivity contribution is 1.27. The average molecular weight is 202 g/mol. The zero-order valence-corrected chi connectivity index (χ0v) is 8.25. The number of hydrogen-bond acceptors (Lipinski definition) is 1. The van der Waals surface area contributed by atoms with E-state index in [0.29, 0.717) is 6.42 Å². The van der Waals surface area contributed by atoms with Crippen LogP contribution in [0.25, 0.3) is 10.8 Å². The lowest BCUT2D eigenvalue weighted by Gasteiger charge is -2.00. The van der Waals surface area contributed by atoms with Gasteiger partial charge in [0.1, 0.15) is 0 Å². The molecule has 2 rings (SSSR count). The molecule has 2 aromatic carbocycles. The van der Waals surface area contributed by atoms with Crippen molar-refractivity contribution in [3.05, 3.63) is 47.0 Å². The molecule has 0 atom stereocenters. The molecular formula is C12H8ClN. The van der Waals surface area contributed by atoms with Crippen molar-refractivity contribution in [3.8, 4) is 6.07 Å². The van der Waals surface area contributed by atoms with Crippen molar-refractivity contribution in [1.82, 2.24) is 0 Å². The molecule has 0 saturated carbocycles. The molecule has 1 nitrogen and oxygen atoms in total. The van der Waals surface area contributed by atoms with Crippen molar-refractivity contribution in [3.63, 3.8) is 0 Å². The van der Waals surface area contributed by atoms with Gasteiger partial charge in [0.25, 0.3) is 0 Å². The lowest BCUT2D eigenvalue weighted by atomic mass is 10.1. The minimum absolute atomic E-state index is 0.457. The van der Waals surface area contributed by atoms with Crippen molar-refractivity contribution in [2.75, 3.05) is 0 Å². The van der Waals surface area contributed by atoms with Gasteiger partial charge in [-0.05, 0) is 28.5 Å². The molecule has 0 unspecified atom stereocenters. The summed E-state index contributed by atoms with van der Waals surface area (Å²) in [6.45, 7) is 0. The first kappa shape index (κ1) is 9.05. The van der Waals surface area contributed by atoms with Crippen LogP contribution in [0.1, 0.15) is 5.56 Å². The highest BCUT2D eigenvalue weighted by Crippen LogP contribution is 2.20. The molecule has 0 aromatic heterocycles. The first-order valence-electron chi connectivity index (χ1n) is 4.35. The lowest BCUT2D eigenvalue weighted by Crippen LogP contribution is -1.81. The molecule has 0 bridgehead atoms. The van der Waals surface area contributed by atoms with E-state index in [1.807, 2.05) is 36.4 Å². The summed E-state index contributed by atoms with van der Waals surface area (Å²) in [5.41, 5.74) is 1.04. The number of fused-ring (bicyclic) bond motifs is 1. The van der Waals surface area contributed by atoms with Crippen LogP contribution in [0, 0.1) is 11.3 Å². The van der Waals surface area contributed by atoms with Crippen LogP contribution in [0.3, 0.4) is 0 Å². The minimum atomic E-state index is 0.457. The molecule has 2 aromatic rings. The van der Waals surface area contributed by atoms with Crippen LogP contribution in [-0.4, -0.2) is 0 Å². The molecule has 0 fully saturated rings. The van der Waals surface area contributed by atoms with Crippen molar-refractivity contribution in [2.45, 2.75) is 6.42 Å². The summed E-state index contributed by atoms with van der Waals surface area (Å²) in [5.74, 6) is 0. The van der Waals surface area contributed by atoms with E-state index < -0.39 is 0 Å². The molecule has 2 heteroatoms. The third kappa shape index (κ3) is 1.71. The number of rotatable bonds is 1. The summed E-state index contributed by atoms with van der Waals surface area (Å²) in [6, 6.07) is 13.9. The van der Waals surface area contributed by atoms with Crippen molar-refractivity contribution < 1.29 is 0 Å². The maximum atomic E-state index is 8.56. The fourth-order valence-corrected chi connectivity index (χ4v) is 1.65. The van der Waals surface area contributed by atoms with Crippen LogP contribution in [-0.2, 0) is 6.42 Å². The van der Waals surface area contributed by atoms with Crippen molar-refractivity contribution in [2.24, 2.45) is 0 Å². The van der Waals surface area contributed by atoms with Crippen LogP contribution < -0.4 is 0 Å². The van der Waals surface area contributed by atoms with E-state index in [1.165, 1.54) is 0 Å². The van der Waals surface area contributed by atoms with E-state index in [2.05, 4.69) is 6.07 Å². The first-order chi connectivity index (χ1) is 6.79. The Morgan fingerprint density at radius 2 is 1.79 bits per heavy atom. The van der Waals surface area contributed by atoms with Crippen LogP contribution >= 0.6 is 11.6 Å². The third-order valence-electron chi connectivity index (χ3n) is 2.15. The molecule has 0 heterocycles. The molecule has 0 amide bonds. The van der Waals surface area contributed by atoms with Gasteiger partial charge in [-0.3, -0.25) is 0 Å². The highest BCUT2D eigenvalue weighted by Gasteiger charge is 1.96. The molecule has 0 aliphatic carbocycles. The van der Waals surface area contributed by atoms with Gasteiger partial charge in [-0.2, -0.15) is 5.26 Å². The van der Waals surface area contributed by atoms with Crippen molar-refractivity contribution in [1.29, 1.82) is 5.26 Å². The number of nitrogens with zero attached hydrogens (tertiary/aromatic N) is 1. The molecule has 68 valence electrons. The maximum Gasteiger partial charge on any atom is 0.0669 e. The van der Waals surface area contributed by atoms with Gasteiger partial charge >= 0.3 is 0 Å². The fourth-order valence-electron chi connectivity index (χ4n) is 1.47.